The van der Waals surface area contributed by atoms with Crippen LogP contribution < -0.4 is 4.90 Å². The fraction of sp³-hybridized carbons (Fsp3) is 0.217. The predicted molar refractivity (Wildman–Crippen MR) is 205 cm³/mol. The van der Waals surface area contributed by atoms with Gasteiger partial charge in [0.1, 0.15) is 0 Å². The quantitative estimate of drug-likeness (QED) is 0.176. The molecule has 0 N–H and O–H groups in total. The summed E-state index contributed by atoms with van der Waals surface area (Å²) in [6, 6.07) is 43.6. The minimum Gasteiger partial charge on any atom is -0.310 e. The normalized spacial score (nSPS) is 24.5. The monoisotopic (exact) mass is 637 g/mol. The maximum atomic E-state index is 4.14. The minimum atomic E-state index is 0.0667. The molecule has 4 fully saturated rings. The number of fused-ring (bicyclic) bond motifs is 4. The molecule has 1 heterocycles. The summed E-state index contributed by atoms with van der Waals surface area (Å²) in [5, 5.41) is 1.25. The standard InChI is InChI=1S/C46H39NS/c1-3-37-39-22-21-36(28-44(39)48-43(37)4-2)47(35-19-17-32(18-20-35)31-11-6-5-7-12-31)42-16-10-14-40-38-13-8-9-15-41(38)46(45(40)42)33-24-29-23-30(26-33)27-34(46)25-29/h3-22,28-30,33-34H,1-2,23-27H2. The average Bonchev–Trinajstić information content (AvgIpc) is 3.64. The van der Waals surface area contributed by atoms with Crippen molar-refractivity contribution in [1.29, 1.82) is 0 Å². The van der Waals surface area contributed by atoms with Crippen LogP contribution in [0.25, 0.3) is 44.5 Å². The summed E-state index contributed by atoms with van der Waals surface area (Å²) in [6.45, 7) is 8.26. The summed E-state index contributed by atoms with van der Waals surface area (Å²) >= 11 is 1.81. The molecule has 0 aliphatic heterocycles. The van der Waals surface area contributed by atoms with E-state index >= 15 is 0 Å². The lowest BCUT2D eigenvalue weighted by molar-refractivity contribution is -0.0397. The van der Waals surface area contributed by atoms with Gasteiger partial charge in [-0.3, -0.25) is 0 Å². The number of hydrogen-bond donors (Lipinski definition) is 0. The third-order valence-electron chi connectivity index (χ3n) is 12.4. The number of anilines is 3. The van der Waals surface area contributed by atoms with Gasteiger partial charge in [-0.25, -0.2) is 0 Å². The molecular formula is C46H39NS. The zero-order valence-corrected chi connectivity index (χ0v) is 28.1. The smallest absolute Gasteiger partial charge is 0.0509 e. The van der Waals surface area contributed by atoms with E-state index in [0.29, 0.717) is 11.8 Å². The SMILES string of the molecule is C=Cc1sc2cc(N(c3ccc(-c4ccccc4)cc3)c3cccc4c3C3(c5ccccc5-4)C4CC5CC(C4)CC3C5)ccc2c1C=C. The lowest BCUT2D eigenvalue weighted by Gasteiger charge is -2.61. The first-order valence-electron chi connectivity index (χ1n) is 17.7. The number of rotatable bonds is 6. The van der Waals surface area contributed by atoms with Crippen LogP contribution >= 0.6 is 11.3 Å². The summed E-state index contributed by atoms with van der Waals surface area (Å²) in [6.07, 6.45) is 10.9. The van der Waals surface area contributed by atoms with E-state index < -0.39 is 0 Å². The van der Waals surface area contributed by atoms with E-state index in [1.807, 2.05) is 23.5 Å². The number of nitrogens with zero attached hydrogens (tertiary/aromatic N) is 1. The molecule has 0 saturated heterocycles. The van der Waals surface area contributed by atoms with Crippen molar-refractivity contribution in [3.05, 3.63) is 150 Å². The van der Waals surface area contributed by atoms with Crippen LogP contribution in [0.15, 0.2) is 128 Å². The maximum absolute atomic E-state index is 4.14. The third-order valence-corrected chi connectivity index (χ3v) is 13.6. The van der Waals surface area contributed by atoms with Gasteiger partial charge < -0.3 is 4.90 Å². The molecule has 4 saturated carbocycles. The minimum absolute atomic E-state index is 0.0667. The molecule has 5 aliphatic rings. The lowest BCUT2D eigenvalue weighted by Crippen LogP contribution is -2.55. The Morgan fingerprint density at radius 2 is 1.29 bits per heavy atom. The predicted octanol–water partition coefficient (Wildman–Crippen LogP) is 13.0. The van der Waals surface area contributed by atoms with E-state index in [0.717, 1.165) is 11.8 Å². The van der Waals surface area contributed by atoms with Crippen molar-refractivity contribution in [2.45, 2.75) is 37.5 Å². The van der Waals surface area contributed by atoms with Crippen LogP contribution in [-0.2, 0) is 5.41 Å². The van der Waals surface area contributed by atoms with Gasteiger partial charge in [-0.1, -0.05) is 110 Å². The van der Waals surface area contributed by atoms with Crippen LogP contribution in [0.2, 0.25) is 0 Å². The van der Waals surface area contributed by atoms with Crippen LogP contribution in [0.1, 0.15) is 53.7 Å². The van der Waals surface area contributed by atoms with Crippen LogP contribution in [-0.4, -0.2) is 0 Å². The Bertz CT molecular complexity index is 2210. The first-order chi connectivity index (χ1) is 23.7. The second-order valence-electron chi connectivity index (χ2n) is 14.6. The highest BCUT2D eigenvalue weighted by molar-refractivity contribution is 7.20. The molecule has 1 spiro atoms. The zero-order chi connectivity index (χ0) is 32.0. The molecule has 4 bridgehead atoms. The van der Waals surface area contributed by atoms with Gasteiger partial charge in [-0.15, -0.1) is 11.3 Å². The van der Waals surface area contributed by atoms with Crippen molar-refractivity contribution in [3.8, 4) is 22.3 Å². The highest BCUT2D eigenvalue weighted by Crippen LogP contribution is 2.71. The van der Waals surface area contributed by atoms with Gasteiger partial charge in [-0.2, -0.15) is 0 Å². The Morgan fingerprint density at radius 3 is 2.02 bits per heavy atom. The van der Waals surface area contributed by atoms with Gasteiger partial charge in [0.15, 0.2) is 0 Å². The van der Waals surface area contributed by atoms with Crippen LogP contribution in [0.4, 0.5) is 17.1 Å². The van der Waals surface area contributed by atoms with E-state index in [4.69, 9.17) is 0 Å². The largest absolute Gasteiger partial charge is 0.310 e. The fourth-order valence-electron chi connectivity index (χ4n) is 10.9. The second kappa shape index (κ2) is 10.7. The molecule has 48 heavy (non-hydrogen) atoms. The fourth-order valence-corrected chi connectivity index (χ4v) is 12.0. The molecular weight excluding hydrogens is 599 g/mol. The van der Waals surface area contributed by atoms with Crippen molar-refractivity contribution in [3.63, 3.8) is 0 Å². The van der Waals surface area contributed by atoms with Crippen LogP contribution in [0.3, 0.4) is 0 Å². The first kappa shape index (κ1) is 28.4. The van der Waals surface area contributed by atoms with Gasteiger partial charge in [0.2, 0.25) is 0 Å². The Balaban J connectivity index is 1.22. The van der Waals surface area contributed by atoms with Crippen molar-refractivity contribution < 1.29 is 0 Å². The number of hydrogen-bond acceptors (Lipinski definition) is 2. The Kier molecular flexibility index (Phi) is 6.31. The third kappa shape index (κ3) is 3.90. The van der Waals surface area contributed by atoms with Gasteiger partial charge in [-0.05, 0) is 125 Å². The Hall–Kier alpha value is -4.66. The number of thiophene rings is 1. The molecule has 1 nitrogen and oxygen atoms in total. The summed E-state index contributed by atoms with van der Waals surface area (Å²) in [5.41, 5.74) is 13.5. The molecule has 0 amide bonds. The number of benzene rings is 5. The summed E-state index contributed by atoms with van der Waals surface area (Å²) in [4.78, 5) is 3.76. The van der Waals surface area contributed by atoms with E-state index in [2.05, 4.69) is 133 Å². The topological polar surface area (TPSA) is 3.24 Å². The lowest BCUT2D eigenvalue weighted by atomic mass is 9.43. The molecule has 5 aliphatic carbocycles. The molecule has 2 heteroatoms. The molecule has 0 unspecified atom stereocenters. The average molecular weight is 638 g/mol. The van der Waals surface area contributed by atoms with Gasteiger partial charge in [0.25, 0.3) is 0 Å². The van der Waals surface area contributed by atoms with Crippen molar-refractivity contribution in [2.75, 3.05) is 4.90 Å². The van der Waals surface area contributed by atoms with Crippen molar-refractivity contribution in [2.24, 2.45) is 23.7 Å². The maximum Gasteiger partial charge on any atom is 0.0509 e. The summed E-state index contributed by atoms with van der Waals surface area (Å²) < 4.78 is 1.27. The van der Waals surface area contributed by atoms with Crippen LogP contribution in [0.5, 0.6) is 0 Å². The first-order valence-corrected chi connectivity index (χ1v) is 18.5. The highest BCUT2D eigenvalue weighted by Gasteiger charge is 2.62. The molecule has 0 atom stereocenters. The Morgan fingerprint density at radius 1 is 0.625 bits per heavy atom. The van der Waals surface area contributed by atoms with Crippen LogP contribution in [0, 0.1) is 23.7 Å². The molecule has 0 radical (unpaired) electrons. The van der Waals surface area contributed by atoms with Gasteiger partial charge in [0, 0.05) is 31.8 Å². The van der Waals surface area contributed by atoms with Gasteiger partial charge >= 0.3 is 0 Å². The summed E-state index contributed by atoms with van der Waals surface area (Å²) in [5.74, 6) is 3.21. The second-order valence-corrected chi connectivity index (χ2v) is 15.7. The zero-order valence-electron chi connectivity index (χ0n) is 27.2. The molecule has 5 aromatic carbocycles. The van der Waals surface area contributed by atoms with E-state index in [9.17, 15) is 0 Å². The van der Waals surface area contributed by atoms with E-state index in [-0.39, 0.29) is 5.41 Å². The van der Waals surface area contributed by atoms with E-state index in [1.54, 1.807) is 11.1 Å². The molecule has 6 aromatic rings. The summed E-state index contributed by atoms with van der Waals surface area (Å²) in [7, 11) is 0. The van der Waals surface area contributed by atoms with Crippen molar-refractivity contribution in [1.82, 2.24) is 0 Å². The highest BCUT2D eigenvalue weighted by atomic mass is 32.1. The van der Waals surface area contributed by atoms with Gasteiger partial charge in [0.05, 0.1) is 5.69 Å². The molecule has 234 valence electrons. The van der Waals surface area contributed by atoms with E-state index in [1.165, 1.54) is 91.9 Å². The van der Waals surface area contributed by atoms with Crippen molar-refractivity contribution >= 4 is 50.6 Å². The molecule has 1 aromatic heterocycles. The Labute approximate surface area is 287 Å². The molecule has 11 rings (SSSR count).